The van der Waals surface area contributed by atoms with Crippen molar-refractivity contribution >= 4 is 5.97 Å². The molecule has 0 aromatic heterocycles. The molecule has 2 unspecified atom stereocenters. The predicted molar refractivity (Wildman–Crippen MR) is 75.2 cm³/mol. The molecule has 1 aliphatic rings. The summed E-state index contributed by atoms with van der Waals surface area (Å²) >= 11 is 0. The van der Waals surface area contributed by atoms with Crippen LogP contribution in [0.4, 0.5) is 0 Å². The first-order chi connectivity index (χ1) is 8.88. The number of hydrogen-bond acceptors (Lipinski definition) is 5. The third-order valence-electron chi connectivity index (χ3n) is 3.31. The Morgan fingerprint density at radius 1 is 1.58 bits per heavy atom. The molecule has 0 radical (unpaired) electrons. The summed E-state index contributed by atoms with van der Waals surface area (Å²) < 4.78 is 10.7. The van der Waals surface area contributed by atoms with Crippen LogP contribution in [0.25, 0.3) is 0 Å². The van der Waals surface area contributed by atoms with Crippen molar-refractivity contribution in [2.75, 3.05) is 33.3 Å². The van der Waals surface area contributed by atoms with Gasteiger partial charge in [-0.3, -0.25) is 9.69 Å². The minimum atomic E-state index is -0.212. The van der Waals surface area contributed by atoms with E-state index < -0.39 is 0 Å². The molecule has 0 bridgehead atoms. The molecule has 1 heterocycles. The molecule has 5 nitrogen and oxygen atoms in total. The van der Waals surface area contributed by atoms with Crippen LogP contribution in [0.3, 0.4) is 0 Å². The zero-order chi connectivity index (χ0) is 14.5. The Hall–Kier alpha value is -0.650. The van der Waals surface area contributed by atoms with Crippen molar-refractivity contribution in [1.82, 2.24) is 10.2 Å². The zero-order valence-corrected chi connectivity index (χ0v) is 12.9. The van der Waals surface area contributed by atoms with Gasteiger partial charge in [0.15, 0.2) is 0 Å². The molecular weight excluding hydrogens is 244 g/mol. The van der Waals surface area contributed by atoms with Crippen molar-refractivity contribution in [3.05, 3.63) is 0 Å². The summed E-state index contributed by atoms with van der Waals surface area (Å²) in [4.78, 5) is 14.0. The normalized spacial score (nSPS) is 25.0. The number of ether oxygens (including phenoxy) is 2. The lowest BCUT2D eigenvalue weighted by molar-refractivity contribution is -0.144. The number of carbonyl (C=O) groups is 1. The van der Waals surface area contributed by atoms with Gasteiger partial charge in [-0.05, 0) is 33.7 Å². The summed E-state index contributed by atoms with van der Waals surface area (Å²) in [7, 11) is 1.44. The molecule has 0 amide bonds. The molecule has 1 saturated heterocycles. The molecule has 1 aliphatic heterocycles. The minimum Gasteiger partial charge on any atom is -0.468 e. The van der Waals surface area contributed by atoms with E-state index in [1.807, 2.05) is 6.92 Å². The van der Waals surface area contributed by atoms with Gasteiger partial charge in [0.2, 0.25) is 0 Å². The lowest BCUT2D eigenvalue weighted by atomic mass is 10.0. The third kappa shape index (κ3) is 5.47. The van der Waals surface area contributed by atoms with Gasteiger partial charge in [-0.25, -0.2) is 0 Å². The fourth-order valence-corrected chi connectivity index (χ4v) is 2.76. The van der Waals surface area contributed by atoms with E-state index in [1.54, 1.807) is 0 Å². The first kappa shape index (κ1) is 16.4. The highest BCUT2D eigenvalue weighted by Crippen LogP contribution is 2.20. The van der Waals surface area contributed by atoms with Crippen LogP contribution in [-0.2, 0) is 14.3 Å². The van der Waals surface area contributed by atoms with E-state index in [-0.39, 0.29) is 23.7 Å². The molecule has 0 saturated carbocycles. The lowest BCUT2D eigenvalue weighted by Crippen LogP contribution is -2.53. The second-order valence-electron chi connectivity index (χ2n) is 5.85. The highest BCUT2D eigenvalue weighted by molar-refractivity contribution is 5.75. The van der Waals surface area contributed by atoms with Crippen molar-refractivity contribution in [2.24, 2.45) is 0 Å². The maximum absolute atomic E-state index is 11.6. The molecule has 1 rings (SSSR count). The Balaban J connectivity index is 2.47. The molecule has 1 fully saturated rings. The van der Waals surface area contributed by atoms with Crippen LogP contribution < -0.4 is 5.32 Å². The quantitative estimate of drug-likeness (QED) is 0.732. The van der Waals surface area contributed by atoms with E-state index in [0.29, 0.717) is 0 Å². The van der Waals surface area contributed by atoms with Crippen LogP contribution in [0.2, 0.25) is 0 Å². The predicted octanol–water partition coefficient (Wildman–Crippen LogP) is 1.03. The average Bonchev–Trinajstić information content (AvgIpc) is 2.31. The Labute approximate surface area is 116 Å². The highest BCUT2D eigenvalue weighted by atomic mass is 16.5. The summed E-state index contributed by atoms with van der Waals surface area (Å²) in [6.07, 6.45) is 1.00. The Bertz CT molecular complexity index is 294. The lowest BCUT2D eigenvalue weighted by Gasteiger charge is -2.42. The van der Waals surface area contributed by atoms with Gasteiger partial charge in [-0.2, -0.15) is 0 Å². The van der Waals surface area contributed by atoms with Gasteiger partial charge < -0.3 is 14.8 Å². The Morgan fingerprint density at radius 3 is 2.79 bits per heavy atom. The second kappa shape index (κ2) is 7.22. The molecule has 0 aliphatic carbocycles. The van der Waals surface area contributed by atoms with Crippen molar-refractivity contribution in [2.45, 2.75) is 51.9 Å². The number of likely N-dealkylation sites (N-methyl/N-ethyl adjacent to an activating group) is 1. The van der Waals surface area contributed by atoms with Crippen LogP contribution in [0, 0.1) is 0 Å². The summed E-state index contributed by atoms with van der Waals surface area (Å²) in [6, 6.07) is -0.212. The summed E-state index contributed by atoms with van der Waals surface area (Å²) in [5, 5.41) is 3.17. The van der Waals surface area contributed by atoms with E-state index in [0.717, 1.165) is 32.6 Å². The maximum Gasteiger partial charge on any atom is 0.322 e. The fraction of sp³-hybridized carbons (Fsp3) is 0.929. The zero-order valence-electron chi connectivity index (χ0n) is 12.9. The minimum absolute atomic E-state index is 0.114. The number of hydrogen-bond donors (Lipinski definition) is 1. The molecule has 2 atom stereocenters. The van der Waals surface area contributed by atoms with Crippen LogP contribution in [0.15, 0.2) is 0 Å². The molecule has 19 heavy (non-hydrogen) atoms. The molecule has 1 N–H and O–H groups in total. The molecule has 0 spiro atoms. The number of rotatable bonds is 6. The van der Waals surface area contributed by atoms with E-state index in [9.17, 15) is 4.79 Å². The first-order valence-corrected chi connectivity index (χ1v) is 7.09. The van der Waals surface area contributed by atoms with Gasteiger partial charge in [0.1, 0.15) is 6.04 Å². The second-order valence-corrected chi connectivity index (χ2v) is 5.85. The van der Waals surface area contributed by atoms with Crippen LogP contribution in [-0.4, -0.2) is 61.9 Å². The fourth-order valence-electron chi connectivity index (χ4n) is 2.76. The van der Waals surface area contributed by atoms with Gasteiger partial charge in [-0.1, -0.05) is 6.92 Å². The van der Waals surface area contributed by atoms with Gasteiger partial charge in [0.25, 0.3) is 0 Å². The van der Waals surface area contributed by atoms with Crippen molar-refractivity contribution in [3.8, 4) is 0 Å². The van der Waals surface area contributed by atoms with Crippen molar-refractivity contribution in [1.29, 1.82) is 0 Å². The molecular formula is C14H28N2O3. The summed E-state index contributed by atoms with van der Waals surface area (Å²) in [5.74, 6) is -0.178. The van der Waals surface area contributed by atoms with Gasteiger partial charge >= 0.3 is 5.97 Å². The largest absolute Gasteiger partial charge is 0.468 e. The van der Waals surface area contributed by atoms with Gasteiger partial charge in [0.05, 0.1) is 18.8 Å². The van der Waals surface area contributed by atoms with Crippen LogP contribution in [0.1, 0.15) is 34.1 Å². The molecule has 5 heteroatoms. The number of methoxy groups -OCH3 is 1. The van der Waals surface area contributed by atoms with Crippen LogP contribution in [0.5, 0.6) is 0 Å². The monoisotopic (exact) mass is 272 g/mol. The van der Waals surface area contributed by atoms with E-state index in [1.165, 1.54) is 7.11 Å². The SMILES string of the molecule is CCNC(CCN1CC(C)OC(C)(C)C1)C(=O)OC. The average molecular weight is 272 g/mol. The smallest absolute Gasteiger partial charge is 0.322 e. The topological polar surface area (TPSA) is 50.8 Å². The Morgan fingerprint density at radius 2 is 2.26 bits per heavy atom. The number of morpholine rings is 1. The number of nitrogens with one attached hydrogen (secondary N) is 1. The van der Waals surface area contributed by atoms with Crippen molar-refractivity contribution < 1.29 is 14.3 Å². The number of carbonyl (C=O) groups excluding carboxylic acids is 1. The first-order valence-electron chi connectivity index (χ1n) is 7.09. The highest BCUT2D eigenvalue weighted by Gasteiger charge is 2.31. The van der Waals surface area contributed by atoms with Gasteiger partial charge in [0, 0.05) is 19.6 Å². The summed E-state index contributed by atoms with van der Waals surface area (Å²) in [5.41, 5.74) is -0.114. The molecule has 0 aromatic rings. The van der Waals surface area contributed by atoms with E-state index >= 15 is 0 Å². The summed E-state index contributed by atoms with van der Waals surface area (Å²) in [6.45, 7) is 11.8. The molecule has 112 valence electrons. The van der Waals surface area contributed by atoms with E-state index in [2.05, 4.69) is 31.0 Å². The Kier molecular flexibility index (Phi) is 6.23. The van der Waals surface area contributed by atoms with E-state index in [4.69, 9.17) is 9.47 Å². The van der Waals surface area contributed by atoms with Gasteiger partial charge in [-0.15, -0.1) is 0 Å². The van der Waals surface area contributed by atoms with Crippen molar-refractivity contribution in [3.63, 3.8) is 0 Å². The number of esters is 1. The number of nitrogens with zero attached hydrogens (tertiary/aromatic N) is 1. The maximum atomic E-state index is 11.6. The molecule has 0 aromatic carbocycles. The third-order valence-corrected chi connectivity index (χ3v) is 3.31. The van der Waals surface area contributed by atoms with Crippen LogP contribution >= 0.6 is 0 Å². The standard InChI is InChI=1S/C14H28N2O3/c1-6-15-12(13(17)18-5)7-8-16-9-11(2)19-14(3,4)10-16/h11-12,15H,6-10H2,1-5H3.